The Hall–Kier alpha value is 0. The maximum absolute atomic E-state index is 2.46. The standard InChI is InChI=1S/C16H34/c1-8-10-11-13(4)15(6)16(7)14(5)12(3)9-2/h12-16H,8-11H2,1-7H3. The summed E-state index contributed by atoms with van der Waals surface area (Å²) < 4.78 is 0. The molecule has 5 unspecified atom stereocenters. The first kappa shape index (κ1) is 16.0. The lowest BCUT2D eigenvalue weighted by Gasteiger charge is -2.33. The Kier molecular flexibility index (Phi) is 8.14. The van der Waals surface area contributed by atoms with E-state index in [-0.39, 0.29) is 0 Å². The summed E-state index contributed by atoms with van der Waals surface area (Å²) in [5, 5.41) is 0. The van der Waals surface area contributed by atoms with Crippen LogP contribution < -0.4 is 0 Å². The van der Waals surface area contributed by atoms with E-state index in [1.807, 2.05) is 0 Å². The van der Waals surface area contributed by atoms with Crippen LogP contribution in [0.15, 0.2) is 0 Å². The van der Waals surface area contributed by atoms with Crippen molar-refractivity contribution in [2.24, 2.45) is 29.6 Å². The number of hydrogen-bond donors (Lipinski definition) is 0. The zero-order valence-electron chi connectivity index (χ0n) is 12.7. The van der Waals surface area contributed by atoms with E-state index in [1.165, 1.54) is 25.7 Å². The second kappa shape index (κ2) is 8.14. The summed E-state index contributed by atoms with van der Waals surface area (Å²) in [6, 6.07) is 0. The second-order valence-electron chi connectivity index (χ2n) is 6.08. The van der Waals surface area contributed by atoms with Crippen molar-refractivity contribution in [3.63, 3.8) is 0 Å². The predicted molar refractivity (Wildman–Crippen MR) is 75.6 cm³/mol. The van der Waals surface area contributed by atoms with Crippen molar-refractivity contribution < 1.29 is 0 Å². The van der Waals surface area contributed by atoms with Gasteiger partial charge in [-0.2, -0.15) is 0 Å². The zero-order chi connectivity index (χ0) is 12.7. The Morgan fingerprint density at radius 2 is 1.19 bits per heavy atom. The highest BCUT2D eigenvalue weighted by molar-refractivity contribution is 4.75. The molecular formula is C16H34. The third kappa shape index (κ3) is 4.89. The van der Waals surface area contributed by atoms with Crippen molar-refractivity contribution in [1.29, 1.82) is 0 Å². The largest absolute Gasteiger partial charge is 0.0654 e. The summed E-state index contributed by atoms with van der Waals surface area (Å²) in [6.45, 7) is 16.8. The summed E-state index contributed by atoms with van der Waals surface area (Å²) in [5.74, 6) is 4.36. The Bertz CT molecular complexity index is 161. The van der Waals surface area contributed by atoms with Gasteiger partial charge < -0.3 is 0 Å². The predicted octanol–water partition coefficient (Wildman–Crippen LogP) is 5.77. The van der Waals surface area contributed by atoms with E-state index in [4.69, 9.17) is 0 Å². The van der Waals surface area contributed by atoms with Crippen LogP contribution in [-0.4, -0.2) is 0 Å². The van der Waals surface area contributed by atoms with E-state index in [0.717, 1.165) is 29.6 Å². The van der Waals surface area contributed by atoms with Crippen molar-refractivity contribution >= 4 is 0 Å². The molecule has 0 aliphatic heterocycles. The molecule has 0 spiro atoms. The molecule has 0 heteroatoms. The van der Waals surface area contributed by atoms with Gasteiger partial charge in [-0.3, -0.25) is 0 Å². The van der Waals surface area contributed by atoms with Crippen LogP contribution in [0.25, 0.3) is 0 Å². The van der Waals surface area contributed by atoms with Gasteiger partial charge in [-0.05, 0) is 29.6 Å². The molecule has 0 heterocycles. The van der Waals surface area contributed by atoms with E-state index in [0.29, 0.717) is 0 Å². The minimum absolute atomic E-state index is 0.863. The molecule has 0 saturated heterocycles. The molecule has 0 amide bonds. The zero-order valence-corrected chi connectivity index (χ0v) is 12.7. The van der Waals surface area contributed by atoms with E-state index < -0.39 is 0 Å². The maximum Gasteiger partial charge on any atom is -0.0386 e. The van der Waals surface area contributed by atoms with Gasteiger partial charge in [0.15, 0.2) is 0 Å². The first-order valence-electron chi connectivity index (χ1n) is 7.45. The summed E-state index contributed by atoms with van der Waals surface area (Å²) in [4.78, 5) is 0. The second-order valence-corrected chi connectivity index (χ2v) is 6.08. The first-order valence-corrected chi connectivity index (χ1v) is 7.45. The molecule has 16 heavy (non-hydrogen) atoms. The third-order valence-electron chi connectivity index (χ3n) is 5.11. The average Bonchev–Trinajstić information content (AvgIpc) is 2.31. The number of unbranched alkanes of at least 4 members (excludes halogenated alkanes) is 1. The van der Waals surface area contributed by atoms with Gasteiger partial charge in [0.25, 0.3) is 0 Å². The SMILES string of the molecule is CCCCC(C)C(C)C(C)C(C)C(C)CC. The fourth-order valence-corrected chi connectivity index (χ4v) is 2.68. The van der Waals surface area contributed by atoms with Crippen LogP contribution in [0.3, 0.4) is 0 Å². The minimum Gasteiger partial charge on any atom is -0.0654 e. The topological polar surface area (TPSA) is 0 Å². The molecule has 0 rings (SSSR count). The van der Waals surface area contributed by atoms with Gasteiger partial charge in [0, 0.05) is 0 Å². The van der Waals surface area contributed by atoms with E-state index in [9.17, 15) is 0 Å². The van der Waals surface area contributed by atoms with Crippen LogP contribution in [0.2, 0.25) is 0 Å². The third-order valence-corrected chi connectivity index (χ3v) is 5.11. The first-order chi connectivity index (χ1) is 7.45. The number of rotatable bonds is 8. The van der Waals surface area contributed by atoms with Crippen LogP contribution in [0.1, 0.15) is 74.1 Å². The van der Waals surface area contributed by atoms with Crippen molar-refractivity contribution in [2.45, 2.75) is 74.1 Å². The molecule has 5 atom stereocenters. The maximum atomic E-state index is 2.46. The monoisotopic (exact) mass is 226 g/mol. The summed E-state index contributed by atoms with van der Waals surface area (Å²) >= 11 is 0. The molecule has 98 valence electrons. The molecule has 0 aromatic carbocycles. The highest BCUT2D eigenvalue weighted by atomic mass is 14.3. The molecule has 0 aliphatic carbocycles. The van der Waals surface area contributed by atoms with E-state index >= 15 is 0 Å². The Balaban J connectivity index is 4.19. The van der Waals surface area contributed by atoms with Crippen molar-refractivity contribution in [1.82, 2.24) is 0 Å². The Morgan fingerprint density at radius 3 is 1.62 bits per heavy atom. The number of hydrogen-bond acceptors (Lipinski definition) is 0. The molecule has 0 aromatic heterocycles. The molecule has 0 bridgehead atoms. The van der Waals surface area contributed by atoms with Gasteiger partial charge in [0.1, 0.15) is 0 Å². The smallest absolute Gasteiger partial charge is 0.0386 e. The molecule has 0 aliphatic rings. The molecule has 0 saturated carbocycles. The Labute approximate surface area is 104 Å². The van der Waals surface area contributed by atoms with E-state index in [1.54, 1.807) is 0 Å². The van der Waals surface area contributed by atoms with Gasteiger partial charge in [-0.15, -0.1) is 0 Å². The lowest BCUT2D eigenvalue weighted by atomic mass is 9.72. The lowest BCUT2D eigenvalue weighted by Crippen LogP contribution is -2.26. The van der Waals surface area contributed by atoms with Crippen molar-refractivity contribution in [3.05, 3.63) is 0 Å². The van der Waals surface area contributed by atoms with Gasteiger partial charge >= 0.3 is 0 Å². The molecule has 0 N–H and O–H groups in total. The molecule has 0 nitrogen and oxygen atoms in total. The summed E-state index contributed by atoms with van der Waals surface area (Å²) in [5.41, 5.74) is 0. The summed E-state index contributed by atoms with van der Waals surface area (Å²) in [6.07, 6.45) is 5.47. The van der Waals surface area contributed by atoms with Crippen LogP contribution in [0, 0.1) is 29.6 Å². The molecule has 0 aromatic rings. The molecule has 0 fully saturated rings. The highest BCUT2D eigenvalue weighted by Gasteiger charge is 2.25. The highest BCUT2D eigenvalue weighted by Crippen LogP contribution is 2.33. The van der Waals surface area contributed by atoms with Crippen LogP contribution in [0.4, 0.5) is 0 Å². The quantitative estimate of drug-likeness (QED) is 0.493. The van der Waals surface area contributed by atoms with E-state index in [2.05, 4.69) is 48.5 Å². The molecule has 0 radical (unpaired) electrons. The van der Waals surface area contributed by atoms with Gasteiger partial charge in [0.05, 0.1) is 0 Å². The van der Waals surface area contributed by atoms with Crippen molar-refractivity contribution in [3.8, 4) is 0 Å². The van der Waals surface area contributed by atoms with Gasteiger partial charge in [-0.1, -0.05) is 74.1 Å². The Morgan fingerprint density at radius 1 is 0.688 bits per heavy atom. The van der Waals surface area contributed by atoms with Gasteiger partial charge in [-0.25, -0.2) is 0 Å². The van der Waals surface area contributed by atoms with Crippen LogP contribution in [-0.2, 0) is 0 Å². The minimum atomic E-state index is 0.863. The summed E-state index contributed by atoms with van der Waals surface area (Å²) in [7, 11) is 0. The van der Waals surface area contributed by atoms with Crippen molar-refractivity contribution in [2.75, 3.05) is 0 Å². The fourth-order valence-electron chi connectivity index (χ4n) is 2.68. The molecular weight excluding hydrogens is 192 g/mol. The fraction of sp³-hybridized carbons (Fsp3) is 1.00. The lowest BCUT2D eigenvalue weighted by molar-refractivity contribution is 0.160. The average molecular weight is 226 g/mol. The van der Waals surface area contributed by atoms with Crippen LogP contribution in [0.5, 0.6) is 0 Å². The van der Waals surface area contributed by atoms with Crippen LogP contribution >= 0.6 is 0 Å². The normalized spacial score (nSPS) is 21.2. The van der Waals surface area contributed by atoms with Gasteiger partial charge in [0.2, 0.25) is 0 Å².